The normalized spacial score (nSPS) is 11.9. The minimum atomic E-state index is -3.59. The number of aliphatic hydroxyl groups is 1. The van der Waals surface area contributed by atoms with Crippen LogP contribution in [0.4, 0.5) is 0 Å². The molecule has 20 heavy (non-hydrogen) atoms. The van der Waals surface area contributed by atoms with Gasteiger partial charge >= 0.3 is 0 Å². The lowest BCUT2D eigenvalue weighted by Gasteiger charge is -2.02. The molecule has 0 aliphatic carbocycles. The van der Waals surface area contributed by atoms with Crippen molar-refractivity contribution in [3.63, 3.8) is 0 Å². The number of aromatic nitrogens is 2. The average molecular weight is 336 g/mol. The lowest BCUT2D eigenvalue weighted by molar-refractivity contribution is 0.277. The van der Waals surface area contributed by atoms with Crippen LogP contribution in [0.5, 0.6) is 0 Å². The highest BCUT2D eigenvalue weighted by atomic mass is 35.5. The summed E-state index contributed by atoms with van der Waals surface area (Å²) in [5.74, 6) is 0. The smallest absolute Gasteiger partial charge is 0.244 e. The van der Waals surface area contributed by atoms with E-state index in [4.69, 9.17) is 16.7 Å². The largest absolute Gasteiger partial charge is 0.396 e. The molecular formula is C11H14ClN3O3S2. The van der Waals surface area contributed by atoms with E-state index in [0.29, 0.717) is 17.3 Å². The van der Waals surface area contributed by atoms with Crippen LogP contribution in [0.1, 0.15) is 11.3 Å². The highest BCUT2D eigenvalue weighted by Gasteiger charge is 2.16. The Morgan fingerprint density at radius 1 is 1.45 bits per heavy atom. The summed E-state index contributed by atoms with van der Waals surface area (Å²) >= 11 is 7.12. The molecule has 2 rings (SSSR count). The number of aryl methyl sites for hydroxylation is 1. The maximum atomic E-state index is 12.1. The second-order valence-electron chi connectivity index (χ2n) is 4.05. The Labute approximate surface area is 126 Å². The van der Waals surface area contributed by atoms with Crippen molar-refractivity contribution < 1.29 is 13.5 Å². The second kappa shape index (κ2) is 6.68. The summed E-state index contributed by atoms with van der Waals surface area (Å²) in [6.45, 7) is 0.716. The van der Waals surface area contributed by atoms with Gasteiger partial charge in [-0.15, -0.1) is 11.3 Å². The Bertz CT molecular complexity index is 666. The number of aliphatic hydroxyl groups excluding tert-OH is 1. The van der Waals surface area contributed by atoms with Crippen molar-refractivity contribution in [1.82, 2.24) is 14.5 Å². The Balaban J connectivity index is 2.00. The van der Waals surface area contributed by atoms with Gasteiger partial charge in [-0.05, 0) is 18.6 Å². The molecule has 0 saturated heterocycles. The summed E-state index contributed by atoms with van der Waals surface area (Å²) < 4.78 is 28.7. The van der Waals surface area contributed by atoms with E-state index in [2.05, 4.69) is 9.82 Å². The molecule has 9 heteroatoms. The van der Waals surface area contributed by atoms with E-state index in [-0.39, 0.29) is 18.0 Å². The van der Waals surface area contributed by atoms with Gasteiger partial charge in [-0.2, -0.15) is 5.10 Å². The van der Waals surface area contributed by atoms with Crippen LogP contribution in [0.25, 0.3) is 0 Å². The molecule has 2 N–H and O–H groups in total. The third-order valence-corrected chi connectivity index (χ3v) is 5.12. The first kappa shape index (κ1) is 15.5. The Morgan fingerprint density at radius 3 is 2.90 bits per heavy atom. The van der Waals surface area contributed by atoms with Gasteiger partial charge in [0.2, 0.25) is 10.0 Å². The van der Waals surface area contributed by atoms with Gasteiger partial charge in [0.15, 0.2) is 0 Å². The van der Waals surface area contributed by atoms with Crippen LogP contribution in [-0.2, 0) is 23.1 Å². The highest BCUT2D eigenvalue weighted by molar-refractivity contribution is 7.89. The van der Waals surface area contributed by atoms with Crippen molar-refractivity contribution in [2.75, 3.05) is 6.61 Å². The minimum Gasteiger partial charge on any atom is -0.396 e. The summed E-state index contributed by atoms with van der Waals surface area (Å²) in [6, 6.07) is 3.50. The molecule has 0 spiro atoms. The number of rotatable bonds is 7. The maximum absolute atomic E-state index is 12.1. The first-order valence-electron chi connectivity index (χ1n) is 5.88. The number of hydrogen-bond acceptors (Lipinski definition) is 5. The molecule has 2 aromatic heterocycles. The molecular weight excluding hydrogens is 322 g/mol. The van der Waals surface area contributed by atoms with Crippen molar-refractivity contribution in [2.24, 2.45) is 0 Å². The predicted molar refractivity (Wildman–Crippen MR) is 77.3 cm³/mol. The van der Waals surface area contributed by atoms with Gasteiger partial charge in [0.05, 0.1) is 10.5 Å². The second-order valence-corrected chi connectivity index (χ2v) is 7.61. The molecule has 2 aromatic rings. The molecule has 0 fully saturated rings. The highest BCUT2D eigenvalue weighted by Crippen LogP contribution is 2.21. The van der Waals surface area contributed by atoms with Crippen molar-refractivity contribution in [2.45, 2.75) is 24.4 Å². The molecule has 0 aromatic carbocycles. The minimum absolute atomic E-state index is 0.0410. The number of nitrogens with one attached hydrogen (secondary N) is 1. The van der Waals surface area contributed by atoms with E-state index in [1.165, 1.54) is 28.4 Å². The van der Waals surface area contributed by atoms with Crippen molar-refractivity contribution in [1.29, 1.82) is 0 Å². The summed E-state index contributed by atoms with van der Waals surface area (Å²) in [4.78, 5) is 0.948. The molecule has 0 aliphatic heterocycles. The molecule has 0 radical (unpaired) electrons. The number of hydrogen-bond donors (Lipinski definition) is 2. The lowest BCUT2D eigenvalue weighted by Crippen LogP contribution is -2.22. The fourth-order valence-corrected chi connectivity index (χ4v) is 3.61. The van der Waals surface area contributed by atoms with Gasteiger partial charge in [0, 0.05) is 30.8 Å². The number of halogens is 1. The molecule has 0 aliphatic rings. The topological polar surface area (TPSA) is 84.2 Å². The lowest BCUT2D eigenvalue weighted by atomic mass is 10.5. The van der Waals surface area contributed by atoms with Crippen LogP contribution in [0.3, 0.4) is 0 Å². The Hall–Kier alpha value is -0.930. The maximum Gasteiger partial charge on any atom is 0.244 e. The van der Waals surface area contributed by atoms with Crippen LogP contribution in [0, 0.1) is 0 Å². The molecule has 0 atom stereocenters. The van der Waals surface area contributed by atoms with Crippen molar-refractivity contribution in [3.8, 4) is 0 Å². The SMILES string of the molecule is O=S(=O)(NCc1ccc(Cl)s1)c1cnn(CCCO)c1. The van der Waals surface area contributed by atoms with Gasteiger partial charge in [-0.1, -0.05) is 11.6 Å². The predicted octanol–water partition coefficient (Wildman–Crippen LogP) is 1.46. The molecule has 0 unspecified atom stereocenters. The standard InChI is InChI=1S/C11H14ClN3O3S2/c12-11-3-2-9(19-11)6-14-20(17,18)10-7-13-15(8-10)4-1-5-16/h2-3,7-8,14,16H,1,4-6H2. The van der Waals surface area contributed by atoms with Gasteiger partial charge in [0.1, 0.15) is 4.90 Å². The van der Waals surface area contributed by atoms with Gasteiger partial charge in [-0.3, -0.25) is 4.68 Å². The molecule has 0 bridgehead atoms. The summed E-state index contributed by atoms with van der Waals surface area (Å²) in [5.41, 5.74) is 0. The first-order valence-corrected chi connectivity index (χ1v) is 8.56. The third-order valence-electron chi connectivity index (χ3n) is 2.53. The zero-order valence-corrected chi connectivity index (χ0v) is 12.9. The zero-order valence-electron chi connectivity index (χ0n) is 10.5. The quantitative estimate of drug-likeness (QED) is 0.802. The molecule has 0 amide bonds. The number of thiophene rings is 1. The summed E-state index contributed by atoms with van der Waals surface area (Å²) in [7, 11) is -3.59. The molecule has 0 saturated carbocycles. The van der Waals surface area contributed by atoms with E-state index in [9.17, 15) is 8.42 Å². The van der Waals surface area contributed by atoms with Crippen LogP contribution in [0.2, 0.25) is 4.34 Å². The first-order chi connectivity index (χ1) is 9.51. The third kappa shape index (κ3) is 4.03. The van der Waals surface area contributed by atoms with Gasteiger partial charge in [0.25, 0.3) is 0 Å². The summed E-state index contributed by atoms with van der Waals surface area (Å²) in [5, 5.41) is 12.7. The number of sulfonamides is 1. The molecule has 6 nitrogen and oxygen atoms in total. The van der Waals surface area contributed by atoms with Gasteiger partial charge < -0.3 is 5.11 Å². The monoisotopic (exact) mass is 335 g/mol. The molecule has 2 heterocycles. The fraction of sp³-hybridized carbons (Fsp3) is 0.364. The van der Waals surface area contributed by atoms with Crippen LogP contribution in [0.15, 0.2) is 29.4 Å². The fourth-order valence-electron chi connectivity index (χ4n) is 1.53. The summed E-state index contributed by atoms with van der Waals surface area (Å²) in [6.07, 6.45) is 3.27. The Morgan fingerprint density at radius 2 is 2.25 bits per heavy atom. The van der Waals surface area contributed by atoms with E-state index in [1.807, 2.05) is 0 Å². The molecule has 110 valence electrons. The zero-order chi connectivity index (χ0) is 14.6. The van der Waals surface area contributed by atoms with Gasteiger partial charge in [-0.25, -0.2) is 13.1 Å². The van der Waals surface area contributed by atoms with Crippen LogP contribution in [-0.4, -0.2) is 29.9 Å². The number of nitrogens with zero attached hydrogens (tertiary/aromatic N) is 2. The van der Waals surface area contributed by atoms with Crippen LogP contribution >= 0.6 is 22.9 Å². The van der Waals surface area contributed by atoms with Crippen LogP contribution < -0.4 is 4.72 Å². The Kier molecular flexibility index (Phi) is 5.17. The van der Waals surface area contributed by atoms with E-state index in [1.54, 1.807) is 12.1 Å². The average Bonchev–Trinajstić information content (AvgIpc) is 3.03. The van der Waals surface area contributed by atoms with Crippen molar-refractivity contribution in [3.05, 3.63) is 33.7 Å². The van der Waals surface area contributed by atoms with E-state index < -0.39 is 10.0 Å². The van der Waals surface area contributed by atoms with E-state index >= 15 is 0 Å². The van der Waals surface area contributed by atoms with Crippen molar-refractivity contribution >= 4 is 33.0 Å². The van der Waals surface area contributed by atoms with E-state index in [0.717, 1.165) is 4.88 Å².